The van der Waals surface area contributed by atoms with Crippen LogP contribution in [0, 0.1) is 0 Å². The number of hydrogen-bond acceptors (Lipinski definition) is 7. The predicted molar refractivity (Wildman–Crippen MR) is 95.3 cm³/mol. The maximum Gasteiger partial charge on any atom is 0.526 e. The first-order valence-electron chi connectivity index (χ1n) is 8.37. The Hall–Kier alpha value is -1.91. The summed E-state index contributed by atoms with van der Waals surface area (Å²) in [5.74, 6) is -1.16. The molecule has 1 heterocycles. The molecule has 1 aromatic rings. The van der Waals surface area contributed by atoms with E-state index in [9.17, 15) is 23.0 Å². The number of carbonyl (C=O) groups is 2. The van der Waals surface area contributed by atoms with Crippen LogP contribution < -0.4 is 9.79 Å². The summed E-state index contributed by atoms with van der Waals surface area (Å²) in [7, 11) is -4.83. The molecule has 0 aromatic heterocycles. The molecule has 1 aliphatic heterocycles. The molecule has 3 N–H and O–H groups in total. The van der Waals surface area contributed by atoms with Crippen molar-refractivity contribution in [2.75, 3.05) is 12.4 Å². The Morgan fingerprint density at radius 3 is 2.81 bits per heavy atom. The van der Waals surface area contributed by atoms with Crippen molar-refractivity contribution in [3.63, 3.8) is 0 Å². The molecular formula is C16H22BNO7S. The summed E-state index contributed by atoms with van der Waals surface area (Å²) in [6, 6.07) is 5.02. The maximum absolute atomic E-state index is 12.0. The van der Waals surface area contributed by atoms with E-state index >= 15 is 0 Å². The number of Topliss-reactive ketones (excluding diaryl/α,β-unsaturated/α-hetero) is 1. The topological polar surface area (TPSA) is 133 Å². The van der Waals surface area contributed by atoms with Crippen LogP contribution in [0.1, 0.15) is 42.1 Å². The van der Waals surface area contributed by atoms with E-state index in [0.29, 0.717) is 12.0 Å². The number of ether oxygens (including phenoxy) is 1. The average molecular weight is 383 g/mol. The smallest absolute Gasteiger partial charge is 0.526 e. The molecule has 1 aromatic carbocycles. The normalized spacial score (nSPS) is 16.6. The molecule has 0 saturated carbocycles. The zero-order valence-corrected chi connectivity index (χ0v) is 15.3. The van der Waals surface area contributed by atoms with Crippen molar-refractivity contribution in [3.05, 3.63) is 29.3 Å². The van der Waals surface area contributed by atoms with Crippen LogP contribution in [0.15, 0.2) is 18.2 Å². The highest BCUT2D eigenvalue weighted by Gasteiger charge is 2.37. The Morgan fingerprint density at radius 2 is 2.15 bits per heavy atom. The van der Waals surface area contributed by atoms with Crippen molar-refractivity contribution in [3.8, 4) is 5.75 Å². The number of esters is 1. The second-order valence-electron chi connectivity index (χ2n) is 6.20. The minimum absolute atomic E-state index is 0.0505. The fraction of sp³-hybridized carbons (Fsp3) is 0.500. The maximum atomic E-state index is 12.0. The second kappa shape index (κ2) is 8.65. The summed E-state index contributed by atoms with van der Waals surface area (Å²) in [6.07, 6.45) is 0.625. The van der Waals surface area contributed by atoms with Crippen molar-refractivity contribution in [2.45, 2.75) is 38.4 Å². The van der Waals surface area contributed by atoms with Gasteiger partial charge in [-0.05, 0) is 31.4 Å². The van der Waals surface area contributed by atoms with Gasteiger partial charge in [0.25, 0.3) is 0 Å². The monoisotopic (exact) mass is 383 g/mol. The number of benzene rings is 1. The first-order chi connectivity index (χ1) is 12.2. The van der Waals surface area contributed by atoms with E-state index < -0.39 is 28.9 Å². The van der Waals surface area contributed by atoms with Gasteiger partial charge in [0.2, 0.25) is 10.0 Å². The molecule has 0 radical (unpaired) electrons. The quantitative estimate of drug-likeness (QED) is 0.498. The highest BCUT2D eigenvalue weighted by Crippen LogP contribution is 2.36. The van der Waals surface area contributed by atoms with Crippen molar-refractivity contribution >= 4 is 28.9 Å². The van der Waals surface area contributed by atoms with Crippen LogP contribution in [0.2, 0.25) is 5.82 Å². The van der Waals surface area contributed by atoms with Gasteiger partial charge >= 0.3 is 13.1 Å². The standard InChI is InChI=1S/C16H22BNO7S/c1-2-24-16(20)14-7-3-5-11-9-12(17(21)25-15(11)14)10-13(19)6-4-8-26(18,22)23/h3,5,7,12,21H,2,4,6,8-10H2,1H3,(H2,18,22,23)/t12-/m1/s1. The molecule has 1 aliphatic rings. The Bertz CT molecular complexity index is 781. The van der Waals surface area contributed by atoms with E-state index in [2.05, 4.69) is 0 Å². The van der Waals surface area contributed by atoms with E-state index in [-0.39, 0.29) is 48.7 Å². The first-order valence-corrected chi connectivity index (χ1v) is 10.1. The zero-order valence-electron chi connectivity index (χ0n) is 14.5. The van der Waals surface area contributed by atoms with E-state index in [1.54, 1.807) is 25.1 Å². The van der Waals surface area contributed by atoms with Crippen LogP contribution in [0.3, 0.4) is 0 Å². The summed E-state index contributed by atoms with van der Waals surface area (Å²) < 4.78 is 32.3. The fourth-order valence-electron chi connectivity index (χ4n) is 2.89. The Kier molecular flexibility index (Phi) is 6.79. The number of hydrogen-bond donors (Lipinski definition) is 2. The van der Waals surface area contributed by atoms with Crippen LogP contribution in [0.4, 0.5) is 0 Å². The zero-order chi connectivity index (χ0) is 19.3. The molecule has 10 heteroatoms. The number of para-hydroxylation sites is 1. The van der Waals surface area contributed by atoms with Crippen molar-refractivity contribution in [1.82, 2.24) is 0 Å². The lowest BCUT2D eigenvalue weighted by atomic mass is 9.64. The van der Waals surface area contributed by atoms with Crippen LogP contribution in [-0.2, 0) is 26.0 Å². The number of rotatable bonds is 8. The molecule has 0 aliphatic carbocycles. The van der Waals surface area contributed by atoms with Gasteiger partial charge in [0, 0.05) is 18.7 Å². The largest absolute Gasteiger partial charge is 0.535 e. The Balaban J connectivity index is 2.02. The minimum Gasteiger partial charge on any atom is -0.535 e. The SMILES string of the molecule is CCOC(=O)c1cccc2c1OB(O)[C@@H](CC(=O)CCCS(N)(=O)=O)C2. The lowest BCUT2D eigenvalue weighted by Crippen LogP contribution is -2.36. The van der Waals surface area contributed by atoms with Gasteiger partial charge in [0.05, 0.1) is 12.4 Å². The van der Waals surface area contributed by atoms with E-state index in [0.717, 1.165) is 0 Å². The molecule has 0 unspecified atom stereocenters. The first kappa shape index (κ1) is 20.4. The Labute approximate surface area is 152 Å². The molecule has 0 fully saturated rings. The molecule has 26 heavy (non-hydrogen) atoms. The van der Waals surface area contributed by atoms with E-state index in [1.165, 1.54) is 0 Å². The third-order valence-electron chi connectivity index (χ3n) is 4.09. The summed E-state index contributed by atoms with van der Waals surface area (Å²) in [4.78, 5) is 24.0. The lowest BCUT2D eigenvalue weighted by Gasteiger charge is -2.28. The van der Waals surface area contributed by atoms with Gasteiger partial charge in [-0.25, -0.2) is 18.4 Å². The number of nitrogens with two attached hydrogens (primary N) is 1. The van der Waals surface area contributed by atoms with Gasteiger partial charge in [-0.1, -0.05) is 12.1 Å². The summed E-state index contributed by atoms with van der Waals surface area (Å²) in [6.45, 7) is 1.92. The van der Waals surface area contributed by atoms with Gasteiger partial charge in [-0.15, -0.1) is 0 Å². The highest BCUT2D eigenvalue weighted by atomic mass is 32.2. The third-order valence-corrected chi connectivity index (χ3v) is 4.95. The number of ketones is 1. The van der Waals surface area contributed by atoms with Crippen molar-refractivity contribution in [1.29, 1.82) is 0 Å². The number of primary sulfonamides is 1. The van der Waals surface area contributed by atoms with Crippen LogP contribution in [-0.4, -0.2) is 44.7 Å². The third kappa shape index (κ3) is 5.55. The number of carbonyl (C=O) groups excluding carboxylic acids is 2. The number of fused-ring (bicyclic) bond motifs is 1. The summed E-state index contributed by atoms with van der Waals surface area (Å²) in [5.41, 5.74) is 0.949. The second-order valence-corrected chi connectivity index (χ2v) is 7.93. The molecule has 2 rings (SSSR count). The molecular weight excluding hydrogens is 361 g/mol. The summed E-state index contributed by atoms with van der Waals surface area (Å²) in [5, 5.41) is 15.1. The average Bonchev–Trinajstić information content (AvgIpc) is 2.54. The summed E-state index contributed by atoms with van der Waals surface area (Å²) >= 11 is 0. The molecule has 0 saturated heterocycles. The van der Waals surface area contributed by atoms with Crippen molar-refractivity contribution < 1.29 is 32.4 Å². The van der Waals surface area contributed by atoms with Crippen LogP contribution >= 0.6 is 0 Å². The molecule has 0 spiro atoms. The van der Waals surface area contributed by atoms with Crippen LogP contribution in [0.25, 0.3) is 0 Å². The van der Waals surface area contributed by atoms with Gasteiger partial charge in [-0.3, -0.25) is 4.79 Å². The highest BCUT2D eigenvalue weighted by molar-refractivity contribution is 7.89. The molecule has 8 nitrogen and oxygen atoms in total. The molecule has 1 atom stereocenters. The molecule has 142 valence electrons. The van der Waals surface area contributed by atoms with E-state index in [4.69, 9.17) is 14.5 Å². The Morgan fingerprint density at radius 1 is 1.42 bits per heavy atom. The van der Waals surface area contributed by atoms with Gasteiger partial charge in [0.15, 0.2) is 0 Å². The minimum atomic E-state index is -3.59. The van der Waals surface area contributed by atoms with E-state index in [1.807, 2.05) is 0 Å². The van der Waals surface area contributed by atoms with Gasteiger partial charge in [0.1, 0.15) is 17.1 Å². The lowest BCUT2D eigenvalue weighted by molar-refractivity contribution is -0.119. The van der Waals surface area contributed by atoms with Crippen molar-refractivity contribution in [2.24, 2.45) is 5.14 Å². The fourth-order valence-corrected chi connectivity index (χ4v) is 3.44. The van der Waals surface area contributed by atoms with Crippen LogP contribution in [0.5, 0.6) is 5.75 Å². The van der Waals surface area contributed by atoms with Gasteiger partial charge < -0.3 is 14.4 Å². The number of sulfonamides is 1. The molecule has 0 amide bonds. The molecule has 0 bridgehead atoms. The predicted octanol–water partition coefficient (Wildman–Crippen LogP) is 0.677. The van der Waals surface area contributed by atoms with Gasteiger partial charge in [-0.2, -0.15) is 0 Å².